The van der Waals surface area contributed by atoms with Gasteiger partial charge >= 0.3 is 5.97 Å². The van der Waals surface area contributed by atoms with Gasteiger partial charge in [-0.2, -0.15) is 0 Å². The smallest absolute Gasteiger partial charge is 0.309 e. The first-order valence-electron chi connectivity index (χ1n) is 6.80. The van der Waals surface area contributed by atoms with E-state index >= 15 is 0 Å². The summed E-state index contributed by atoms with van der Waals surface area (Å²) in [4.78, 5) is 11.6. The van der Waals surface area contributed by atoms with Crippen LogP contribution in [0, 0.1) is 5.92 Å². The summed E-state index contributed by atoms with van der Waals surface area (Å²) in [5, 5.41) is 0. The van der Waals surface area contributed by atoms with E-state index in [0.29, 0.717) is 39.6 Å². The minimum atomic E-state index is -0.145. The fourth-order valence-electron chi connectivity index (χ4n) is 2.01. The molecule has 2 atom stereocenters. The molecular weight excluding hydrogens is 250 g/mol. The van der Waals surface area contributed by atoms with E-state index in [1.807, 2.05) is 0 Å². The highest BCUT2D eigenvalue weighted by Crippen LogP contribution is 2.24. The van der Waals surface area contributed by atoms with Crippen LogP contribution in [-0.2, 0) is 23.7 Å². The molecule has 112 valence electrons. The molecule has 0 aromatic carbocycles. The molecule has 1 fully saturated rings. The third-order valence-corrected chi connectivity index (χ3v) is 3.08. The third-order valence-electron chi connectivity index (χ3n) is 3.08. The third kappa shape index (κ3) is 7.47. The molecule has 6 nitrogen and oxygen atoms in total. The van der Waals surface area contributed by atoms with Crippen molar-refractivity contribution in [3.05, 3.63) is 0 Å². The van der Waals surface area contributed by atoms with Crippen LogP contribution in [0.2, 0.25) is 0 Å². The minimum absolute atomic E-state index is 0.0209. The molecule has 0 aliphatic heterocycles. The molecule has 2 unspecified atom stereocenters. The molecule has 1 aliphatic carbocycles. The number of esters is 1. The van der Waals surface area contributed by atoms with Crippen molar-refractivity contribution in [3.8, 4) is 0 Å². The summed E-state index contributed by atoms with van der Waals surface area (Å²) in [5.74, 6) is -0.166. The Morgan fingerprint density at radius 1 is 1.05 bits per heavy atom. The predicted octanol–water partition coefficient (Wildman–Crippen LogP) is 0.337. The summed E-state index contributed by atoms with van der Waals surface area (Å²) >= 11 is 0. The number of methoxy groups -OCH3 is 1. The molecule has 0 saturated heterocycles. The summed E-state index contributed by atoms with van der Waals surface area (Å²) in [5.41, 5.74) is 5.75. The quantitative estimate of drug-likeness (QED) is 0.457. The second-order valence-electron chi connectivity index (χ2n) is 4.66. The van der Waals surface area contributed by atoms with Gasteiger partial charge in [0.25, 0.3) is 0 Å². The van der Waals surface area contributed by atoms with Crippen LogP contribution in [0.3, 0.4) is 0 Å². The van der Waals surface area contributed by atoms with Gasteiger partial charge in [0.05, 0.1) is 39.0 Å². The zero-order valence-corrected chi connectivity index (χ0v) is 11.6. The highest BCUT2D eigenvalue weighted by molar-refractivity contribution is 5.72. The highest BCUT2D eigenvalue weighted by Gasteiger charge is 2.28. The lowest BCUT2D eigenvalue weighted by atomic mass is 10.1. The lowest BCUT2D eigenvalue weighted by Gasteiger charge is -2.10. The van der Waals surface area contributed by atoms with Crippen molar-refractivity contribution in [2.75, 3.05) is 46.8 Å². The lowest BCUT2D eigenvalue weighted by Crippen LogP contribution is -2.21. The molecule has 2 N–H and O–H groups in total. The van der Waals surface area contributed by atoms with Gasteiger partial charge in [-0.25, -0.2) is 0 Å². The van der Waals surface area contributed by atoms with Crippen LogP contribution in [0.4, 0.5) is 0 Å². The monoisotopic (exact) mass is 275 g/mol. The molecule has 0 aromatic heterocycles. The Balaban J connectivity index is 1.86. The zero-order chi connectivity index (χ0) is 13.9. The Morgan fingerprint density at radius 2 is 1.68 bits per heavy atom. The Hall–Kier alpha value is -0.690. The summed E-state index contributed by atoms with van der Waals surface area (Å²) in [6, 6.07) is 0.151. The van der Waals surface area contributed by atoms with E-state index in [4.69, 9.17) is 24.7 Å². The van der Waals surface area contributed by atoms with Gasteiger partial charge in [0.1, 0.15) is 6.61 Å². The summed E-state index contributed by atoms with van der Waals surface area (Å²) in [6.07, 6.45) is 2.50. The van der Waals surface area contributed by atoms with Crippen LogP contribution in [0.15, 0.2) is 0 Å². The standard InChI is InChI=1S/C13H25NO5/c1-16-4-5-17-6-7-18-8-9-19-13(15)11-2-3-12(14)10-11/h11-12H,2-10,14H2,1H3. The topological polar surface area (TPSA) is 80.0 Å². The maximum Gasteiger partial charge on any atom is 0.309 e. The Morgan fingerprint density at radius 3 is 2.26 bits per heavy atom. The fraction of sp³-hybridized carbons (Fsp3) is 0.923. The first-order valence-corrected chi connectivity index (χ1v) is 6.80. The van der Waals surface area contributed by atoms with Crippen LogP contribution in [0.25, 0.3) is 0 Å². The predicted molar refractivity (Wildman–Crippen MR) is 69.8 cm³/mol. The number of hydrogen-bond donors (Lipinski definition) is 1. The fourth-order valence-corrected chi connectivity index (χ4v) is 2.01. The van der Waals surface area contributed by atoms with Gasteiger partial charge in [0, 0.05) is 13.2 Å². The first-order chi connectivity index (χ1) is 9.24. The average Bonchev–Trinajstić information content (AvgIpc) is 2.83. The number of nitrogens with two attached hydrogens (primary N) is 1. The largest absolute Gasteiger partial charge is 0.463 e. The van der Waals surface area contributed by atoms with Gasteiger partial charge in [-0.15, -0.1) is 0 Å². The molecule has 1 saturated carbocycles. The van der Waals surface area contributed by atoms with Crippen LogP contribution < -0.4 is 5.73 Å². The van der Waals surface area contributed by atoms with E-state index in [2.05, 4.69) is 0 Å². The van der Waals surface area contributed by atoms with Crippen LogP contribution in [0.5, 0.6) is 0 Å². The molecule has 0 bridgehead atoms. The Bertz CT molecular complexity index is 249. The van der Waals surface area contributed by atoms with Gasteiger partial charge < -0.3 is 24.7 Å². The Labute approximate surface area is 114 Å². The van der Waals surface area contributed by atoms with Crippen molar-refractivity contribution in [1.29, 1.82) is 0 Å². The average molecular weight is 275 g/mol. The lowest BCUT2D eigenvalue weighted by molar-refractivity contribution is -0.150. The van der Waals surface area contributed by atoms with E-state index in [0.717, 1.165) is 19.3 Å². The second-order valence-corrected chi connectivity index (χ2v) is 4.66. The zero-order valence-electron chi connectivity index (χ0n) is 11.6. The van der Waals surface area contributed by atoms with Gasteiger partial charge in [0.15, 0.2) is 0 Å². The van der Waals surface area contributed by atoms with E-state index < -0.39 is 0 Å². The van der Waals surface area contributed by atoms with Crippen molar-refractivity contribution in [3.63, 3.8) is 0 Å². The van der Waals surface area contributed by atoms with Crippen molar-refractivity contribution in [2.45, 2.75) is 25.3 Å². The summed E-state index contributed by atoms with van der Waals surface area (Å²) < 4.78 is 20.5. The molecule has 19 heavy (non-hydrogen) atoms. The molecule has 1 aliphatic rings. The Kier molecular flexibility index (Phi) is 8.73. The van der Waals surface area contributed by atoms with Gasteiger partial charge in [-0.3, -0.25) is 4.79 Å². The molecule has 0 spiro atoms. The SMILES string of the molecule is COCCOCCOCCOC(=O)C1CCC(N)C1. The molecule has 1 rings (SSSR count). The van der Waals surface area contributed by atoms with E-state index in [1.54, 1.807) is 7.11 Å². The van der Waals surface area contributed by atoms with E-state index in [1.165, 1.54) is 0 Å². The maximum atomic E-state index is 11.6. The summed E-state index contributed by atoms with van der Waals surface area (Å²) in [6.45, 7) is 2.86. The number of ether oxygens (including phenoxy) is 4. The van der Waals surface area contributed by atoms with Gasteiger partial charge in [-0.1, -0.05) is 0 Å². The second kappa shape index (κ2) is 10.1. The highest BCUT2D eigenvalue weighted by atomic mass is 16.6. The molecule has 0 amide bonds. The van der Waals surface area contributed by atoms with Crippen LogP contribution in [-0.4, -0.2) is 58.8 Å². The first kappa shape index (κ1) is 16.4. The molecular formula is C13H25NO5. The normalized spacial score (nSPS) is 22.6. The molecule has 6 heteroatoms. The van der Waals surface area contributed by atoms with Crippen molar-refractivity contribution in [2.24, 2.45) is 11.7 Å². The van der Waals surface area contributed by atoms with Crippen molar-refractivity contribution >= 4 is 5.97 Å². The number of rotatable bonds is 10. The number of carbonyl (C=O) groups is 1. The minimum Gasteiger partial charge on any atom is -0.463 e. The number of carbonyl (C=O) groups excluding carboxylic acids is 1. The van der Waals surface area contributed by atoms with Crippen molar-refractivity contribution < 1.29 is 23.7 Å². The molecule has 0 heterocycles. The molecule has 0 aromatic rings. The van der Waals surface area contributed by atoms with Crippen LogP contribution >= 0.6 is 0 Å². The maximum absolute atomic E-state index is 11.6. The van der Waals surface area contributed by atoms with E-state index in [9.17, 15) is 4.79 Å². The molecule has 0 radical (unpaired) electrons. The van der Waals surface area contributed by atoms with Gasteiger partial charge in [0.2, 0.25) is 0 Å². The van der Waals surface area contributed by atoms with Crippen LogP contribution in [0.1, 0.15) is 19.3 Å². The van der Waals surface area contributed by atoms with E-state index in [-0.39, 0.29) is 17.9 Å². The van der Waals surface area contributed by atoms with Crippen molar-refractivity contribution in [1.82, 2.24) is 0 Å². The number of hydrogen-bond acceptors (Lipinski definition) is 6. The summed E-state index contributed by atoms with van der Waals surface area (Å²) in [7, 11) is 1.63. The van der Waals surface area contributed by atoms with Gasteiger partial charge in [-0.05, 0) is 19.3 Å².